The summed E-state index contributed by atoms with van der Waals surface area (Å²) >= 11 is 0. The first-order chi connectivity index (χ1) is 10.6. The number of carbonyl (C=O) groups is 2. The Morgan fingerprint density at radius 3 is 2.73 bits per heavy atom. The lowest BCUT2D eigenvalue weighted by Gasteiger charge is -2.43. The maximum Gasteiger partial charge on any atom is 0.237 e. The average Bonchev–Trinajstić information content (AvgIpc) is 2.55. The number of nitrogens with one attached hydrogen (secondary N) is 1. The Hall–Kier alpha value is -1.88. The van der Waals surface area contributed by atoms with Crippen LogP contribution in [0.3, 0.4) is 0 Å². The average molecular weight is 304 g/mol. The van der Waals surface area contributed by atoms with E-state index in [4.69, 9.17) is 4.74 Å². The van der Waals surface area contributed by atoms with Gasteiger partial charge < -0.3 is 15.0 Å². The summed E-state index contributed by atoms with van der Waals surface area (Å²) in [4.78, 5) is 25.8. The van der Waals surface area contributed by atoms with Crippen molar-refractivity contribution in [2.75, 3.05) is 20.3 Å². The molecule has 120 valence electrons. The Morgan fingerprint density at radius 2 is 2.05 bits per heavy atom. The third-order valence-corrected chi connectivity index (χ3v) is 4.02. The van der Waals surface area contributed by atoms with Crippen LogP contribution in [0.2, 0.25) is 0 Å². The zero-order valence-corrected chi connectivity index (χ0v) is 13.2. The minimum atomic E-state index is -0.615. The van der Waals surface area contributed by atoms with Crippen molar-refractivity contribution >= 4 is 11.8 Å². The van der Waals surface area contributed by atoms with Gasteiger partial charge in [0.05, 0.1) is 12.6 Å². The van der Waals surface area contributed by atoms with E-state index in [9.17, 15) is 9.59 Å². The molecular weight excluding hydrogens is 280 g/mol. The molecule has 1 saturated heterocycles. The molecule has 0 spiro atoms. The molecule has 5 nitrogen and oxygen atoms in total. The van der Waals surface area contributed by atoms with E-state index in [0.717, 1.165) is 18.4 Å². The minimum Gasteiger partial charge on any atom is -0.379 e. The molecule has 0 aromatic heterocycles. The Kier molecular flexibility index (Phi) is 5.95. The maximum absolute atomic E-state index is 12.2. The first-order valence-corrected chi connectivity index (χ1v) is 7.81. The predicted molar refractivity (Wildman–Crippen MR) is 84.1 cm³/mol. The van der Waals surface area contributed by atoms with Crippen molar-refractivity contribution in [2.45, 2.75) is 32.4 Å². The van der Waals surface area contributed by atoms with E-state index in [1.165, 1.54) is 0 Å². The van der Waals surface area contributed by atoms with E-state index in [1.807, 2.05) is 30.3 Å². The molecule has 1 aromatic carbocycles. The summed E-state index contributed by atoms with van der Waals surface area (Å²) in [7, 11) is 1.72. The first-order valence-electron chi connectivity index (χ1n) is 7.81. The highest BCUT2D eigenvalue weighted by atomic mass is 16.5. The van der Waals surface area contributed by atoms with Crippen LogP contribution in [0.4, 0.5) is 0 Å². The molecule has 5 heteroatoms. The van der Waals surface area contributed by atoms with Crippen molar-refractivity contribution in [3.05, 3.63) is 35.9 Å². The Labute approximate surface area is 131 Å². The van der Waals surface area contributed by atoms with Crippen LogP contribution in [0.1, 0.15) is 25.3 Å². The number of rotatable bonds is 8. The first kappa shape index (κ1) is 16.5. The number of hydrogen-bond donors (Lipinski definition) is 1. The Morgan fingerprint density at radius 1 is 1.32 bits per heavy atom. The summed E-state index contributed by atoms with van der Waals surface area (Å²) in [5, 5.41) is 2.84. The highest BCUT2D eigenvalue weighted by molar-refractivity contribution is 6.05. The standard InChI is InChI=1S/C17H24N2O3/c1-3-4-10-22-12-14-15(17(21)19(14)2)16(20)18-11-13-8-6-5-7-9-13/h5-9,14-15H,3-4,10-12H2,1-2H3,(H,18,20)/t14-,15+/m0/s1. The van der Waals surface area contributed by atoms with E-state index in [1.54, 1.807) is 11.9 Å². The summed E-state index contributed by atoms with van der Waals surface area (Å²) in [6.07, 6.45) is 2.07. The molecule has 0 radical (unpaired) electrons. The third kappa shape index (κ3) is 3.85. The molecule has 1 fully saturated rings. The SMILES string of the molecule is CCCCOC[C@H]1[C@H](C(=O)NCc2ccccc2)C(=O)N1C. The van der Waals surface area contributed by atoms with Gasteiger partial charge in [-0.1, -0.05) is 43.7 Å². The van der Waals surface area contributed by atoms with Gasteiger partial charge in [0.15, 0.2) is 0 Å². The van der Waals surface area contributed by atoms with Gasteiger partial charge in [0.2, 0.25) is 11.8 Å². The monoisotopic (exact) mass is 304 g/mol. The fourth-order valence-electron chi connectivity index (χ4n) is 2.53. The second-order valence-electron chi connectivity index (χ2n) is 5.63. The number of benzene rings is 1. The molecule has 0 unspecified atom stereocenters. The summed E-state index contributed by atoms with van der Waals surface area (Å²) in [5.74, 6) is -0.957. The number of hydrogen-bond acceptors (Lipinski definition) is 3. The molecule has 2 amide bonds. The van der Waals surface area contributed by atoms with Gasteiger partial charge in [0, 0.05) is 20.2 Å². The van der Waals surface area contributed by atoms with E-state index >= 15 is 0 Å². The molecule has 1 aromatic rings. The van der Waals surface area contributed by atoms with Gasteiger partial charge in [-0.3, -0.25) is 9.59 Å². The summed E-state index contributed by atoms with van der Waals surface area (Å²) in [5.41, 5.74) is 1.02. The number of likely N-dealkylation sites (N-methyl/N-ethyl adjacent to an activating group) is 1. The molecule has 2 rings (SSSR count). The Bertz CT molecular complexity index is 504. The van der Waals surface area contributed by atoms with Crippen LogP contribution in [0.25, 0.3) is 0 Å². The van der Waals surface area contributed by atoms with Crippen LogP contribution in [0.5, 0.6) is 0 Å². The van der Waals surface area contributed by atoms with Gasteiger partial charge in [-0.15, -0.1) is 0 Å². The minimum absolute atomic E-state index is 0.130. The van der Waals surface area contributed by atoms with Gasteiger partial charge in [0.25, 0.3) is 0 Å². The maximum atomic E-state index is 12.2. The molecule has 1 N–H and O–H groups in total. The van der Waals surface area contributed by atoms with Crippen LogP contribution >= 0.6 is 0 Å². The molecule has 1 heterocycles. The summed E-state index contributed by atoms with van der Waals surface area (Å²) in [6.45, 7) is 3.64. The van der Waals surface area contributed by atoms with E-state index in [-0.39, 0.29) is 17.9 Å². The molecule has 1 aliphatic heterocycles. The second kappa shape index (κ2) is 7.94. The highest BCUT2D eigenvalue weighted by Crippen LogP contribution is 2.25. The number of amides is 2. The molecule has 22 heavy (non-hydrogen) atoms. The molecular formula is C17H24N2O3. The lowest BCUT2D eigenvalue weighted by molar-refractivity contribution is -0.163. The molecule has 2 atom stereocenters. The lowest BCUT2D eigenvalue weighted by atomic mass is 9.87. The number of nitrogens with zero attached hydrogens (tertiary/aromatic N) is 1. The fourth-order valence-corrected chi connectivity index (χ4v) is 2.53. The van der Waals surface area contributed by atoms with Crippen molar-refractivity contribution in [1.82, 2.24) is 10.2 Å². The van der Waals surface area contributed by atoms with Crippen LogP contribution in [0, 0.1) is 5.92 Å². The van der Waals surface area contributed by atoms with E-state index < -0.39 is 5.92 Å². The predicted octanol–water partition coefficient (Wildman–Crippen LogP) is 1.58. The molecule has 0 aliphatic carbocycles. The quantitative estimate of drug-likeness (QED) is 0.451. The van der Waals surface area contributed by atoms with Gasteiger partial charge in [-0.2, -0.15) is 0 Å². The van der Waals surface area contributed by atoms with Gasteiger partial charge >= 0.3 is 0 Å². The topological polar surface area (TPSA) is 58.6 Å². The van der Waals surface area contributed by atoms with Crippen molar-refractivity contribution in [3.63, 3.8) is 0 Å². The van der Waals surface area contributed by atoms with Crippen molar-refractivity contribution in [1.29, 1.82) is 0 Å². The Balaban J connectivity index is 1.83. The normalized spacial score (nSPS) is 20.6. The number of unbranched alkanes of at least 4 members (excludes halogenated alkanes) is 1. The zero-order valence-electron chi connectivity index (χ0n) is 13.2. The smallest absolute Gasteiger partial charge is 0.237 e. The molecule has 0 bridgehead atoms. The zero-order chi connectivity index (χ0) is 15.9. The number of likely N-dealkylation sites (tertiary alicyclic amines) is 1. The molecule has 0 saturated carbocycles. The summed E-state index contributed by atoms with van der Waals surface area (Å²) < 4.78 is 5.57. The van der Waals surface area contributed by atoms with Crippen molar-refractivity contribution in [3.8, 4) is 0 Å². The number of β-lactam (4-membered cyclic amide) rings is 1. The summed E-state index contributed by atoms with van der Waals surface area (Å²) in [6, 6.07) is 9.52. The largest absolute Gasteiger partial charge is 0.379 e. The number of ether oxygens (including phenoxy) is 1. The van der Waals surface area contributed by atoms with E-state index in [2.05, 4.69) is 12.2 Å². The fraction of sp³-hybridized carbons (Fsp3) is 0.529. The molecule has 1 aliphatic rings. The van der Waals surface area contributed by atoms with Crippen LogP contribution in [-0.4, -0.2) is 43.0 Å². The van der Waals surface area contributed by atoms with E-state index in [0.29, 0.717) is 19.8 Å². The van der Waals surface area contributed by atoms with Crippen molar-refractivity contribution in [2.24, 2.45) is 5.92 Å². The highest BCUT2D eigenvalue weighted by Gasteiger charge is 2.49. The van der Waals surface area contributed by atoms with Crippen LogP contribution in [-0.2, 0) is 20.9 Å². The van der Waals surface area contributed by atoms with Crippen LogP contribution < -0.4 is 5.32 Å². The van der Waals surface area contributed by atoms with Gasteiger partial charge in [-0.05, 0) is 12.0 Å². The van der Waals surface area contributed by atoms with Gasteiger partial charge in [-0.25, -0.2) is 0 Å². The van der Waals surface area contributed by atoms with Crippen LogP contribution in [0.15, 0.2) is 30.3 Å². The second-order valence-corrected chi connectivity index (χ2v) is 5.63. The van der Waals surface area contributed by atoms with Crippen molar-refractivity contribution < 1.29 is 14.3 Å². The number of carbonyl (C=O) groups excluding carboxylic acids is 2. The van der Waals surface area contributed by atoms with Gasteiger partial charge in [0.1, 0.15) is 5.92 Å². The lowest BCUT2D eigenvalue weighted by Crippen LogP contribution is -2.65. The third-order valence-electron chi connectivity index (χ3n) is 4.02.